The van der Waals surface area contributed by atoms with Crippen LogP contribution >= 0.6 is 11.6 Å². The van der Waals surface area contributed by atoms with Crippen LogP contribution in [0.25, 0.3) is 11.1 Å². The number of aliphatic hydroxyl groups is 1. The van der Waals surface area contributed by atoms with E-state index in [1.165, 1.54) is 12.1 Å². The topological polar surface area (TPSA) is 60.9 Å². The molecular weight excluding hydrogens is 549 g/mol. The Hall–Kier alpha value is -2.69. The van der Waals surface area contributed by atoms with E-state index in [4.69, 9.17) is 11.6 Å². The average Bonchev–Trinajstić information content (AvgIpc) is 2.89. The first-order chi connectivity index (χ1) is 18.5. The Kier molecular flexibility index (Phi) is 7.65. The minimum atomic E-state index is -4.81. The number of benzene rings is 3. The Morgan fingerprint density at radius 2 is 1.67 bits per heavy atom. The van der Waals surface area contributed by atoms with Gasteiger partial charge in [0.25, 0.3) is 0 Å². The molecule has 2 heterocycles. The molecule has 1 fully saturated rings. The standard InChI is InChI=1S/C29H28ClF3N2O3S/c1-19-22(7-6-9-24(19)30)20-11-13-21(14-12-20)28-25-17-34(15-4-5-16-35(25)26(28)18-36)39(37,38)27-10-3-2-8-23(27)29(31,32)33/h2-14,25-26,28,36H,15-18H2,1H3/b5-4-/t25-,26+,28-/m0/s1. The molecule has 0 aliphatic carbocycles. The molecule has 0 saturated carbocycles. The van der Waals surface area contributed by atoms with Gasteiger partial charge in [-0.05, 0) is 47.4 Å². The molecule has 39 heavy (non-hydrogen) atoms. The summed E-state index contributed by atoms with van der Waals surface area (Å²) in [5, 5.41) is 10.9. The number of hydrogen-bond donors (Lipinski definition) is 1. The number of halogens is 4. The van der Waals surface area contributed by atoms with E-state index in [1.54, 1.807) is 12.2 Å². The third-order valence-electron chi connectivity index (χ3n) is 7.74. The van der Waals surface area contributed by atoms with Gasteiger partial charge in [-0.15, -0.1) is 0 Å². The number of hydrogen-bond acceptors (Lipinski definition) is 4. The van der Waals surface area contributed by atoms with Gasteiger partial charge >= 0.3 is 6.18 Å². The van der Waals surface area contributed by atoms with Gasteiger partial charge in [-0.2, -0.15) is 17.5 Å². The Balaban J connectivity index is 1.47. The highest BCUT2D eigenvalue weighted by Gasteiger charge is 2.50. The summed E-state index contributed by atoms with van der Waals surface area (Å²) in [7, 11) is -4.46. The van der Waals surface area contributed by atoms with Gasteiger partial charge in [0.1, 0.15) is 0 Å². The van der Waals surface area contributed by atoms with Crippen molar-refractivity contribution in [2.75, 3.05) is 26.2 Å². The van der Waals surface area contributed by atoms with Gasteiger partial charge in [-0.1, -0.05) is 72.3 Å². The van der Waals surface area contributed by atoms with Crippen LogP contribution in [0.3, 0.4) is 0 Å². The zero-order chi connectivity index (χ0) is 27.9. The quantitative estimate of drug-likeness (QED) is 0.395. The molecule has 5 nitrogen and oxygen atoms in total. The third kappa shape index (κ3) is 5.14. The number of alkyl halides is 3. The maximum atomic E-state index is 13.7. The first-order valence-electron chi connectivity index (χ1n) is 12.6. The molecule has 10 heteroatoms. The third-order valence-corrected chi connectivity index (χ3v) is 10.0. The molecule has 5 rings (SSSR count). The highest BCUT2D eigenvalue weighted by molar-refractivity contribution is 7.89. The molecule has 2 aliphatic heterocycles. The van der Waals surface area contributed by atoms with Crippen molar-refractivity contribution in [1.82, 2.24) is 9.21 Å². The van der Waals surface area contributed by atoms with Crippen LogP contribution in [-0.2, 0) is 16.2 Å². The average molecular weight is 577 g/mol. The Bertz CT molecular complexity index is 1490. The van der Waals surface area contributed by atoms with Crippen LogP contribution in [-0.4, -0.2) is 61.1 Å². The van der Waals surface area contributed by atoms with Crippen LogP contribution in [0.5, 0.6) is 0 Å². The minimum absolute atomic E-state index is 0.00478. The molecule has 206 valence electrons. The van der Waals surface area contributed by atoms with Gasteiger partial charge < -0.3 is 5.11 Å². The minimum Gasteiger partial charge on any atom is -0.395 e. The summed E-state index contributed by atoms with van der Waals surface area (Å²) >= 11 is 6.29. The predicted octanol–water partition coefficient (Wildman–Crippen LogP) is 5.72. The number of rotatable bonds is 5. The fourth-order valence-corrected chi connectivity index (χ4v) is 7.50. The molecule has 1 saturated heterocycles. The van der Waals surface area contributed by atoms with Crippen LogP contribution in [0.4, 0.5) is 13.2 Å². The van der Waals surface area contributed by atoms with Crippen molar-refractivity contribution in [2.45, 2.75) is 36.0 Å². The summed E-state index contributed by atoms with van der Waals surface area (Å²) in [6, 6.07) is 17.3. The smallest absolute Gasteiger partial charge is 0.395 e. The summed E-state index contributed by atoms with van der Waals surface area (Å²) in [5.41, 5.74) is 2.68. The lowest BCUT2D eigenvalue weighted by molar-refractivity contribution is -0.139. The van der Waals surface area contributed by atoms with Crippen molar-refractivity contribution in [2.24, 2.45) is 0 Å². The van der Waals surface area contributed by atoms with E-state index in [-0.39, 0.29) is 37.7 Å². The molecule has 0 spiro atoms. The summed E-state index contributed by atoms with van der Waals surface area (Å²) in [5.74, 6) is -0.202. The second-order valence-electron chi connectivity index (χ2n) is 9.86. The molecule has 0 bridgehead atoms. The normalized spacial score (nSPS) is 23.4. The van der Waals surface area contributed by atoms with Gasteiger partial charge in [0.05, 0.1) is 17.1 Å². The molecule has 3 aromatic rings. The molecule has 0 unspecified atom stereocenters. The van der Waals surface area contributed by atoms with Crippen LogP contribution in [0.15, 0.2) is 83.8 Å². The van der Waals surface area contributed by atoms with Crippen molar-refractivity contribution in [1.29, 1.82) is 0 Å². The second kappa shape index (κ2) is 10.7. The Morgan fingerprint density at radius 1 is 0.974 bits per heavy atom. The zero-order valence-electron chi connectivity index (χ0n) is 21.1. The molecule has 0 aromatic heterocycles. The van der Waals surface area contributed by atoms with Crippen molar-refractivity contribution in [3.8, 4) is 11.1 Å². The van der Waals surface area contributed by atoms with Crippen LogP contribution in [0.2, 0.25) is 5.02 Å². The largest absolute Gasteiger partial charge is 0.417 e. The van der Waals surface area contributed by atoms with Gasteiger partial charge in [-0.25, -0.2) is 8.42 Å². The molecule has 0 radical (unpaired) electrons. The van der Waals surface area contributed by atoms with Crippen molar-refractivity contribution in [3.05, 3.63) is 101 Å². The first-order valence-corrected chi connectivity index (χ1v) is 14.4. The molecule has 2 aliphatic rings. The molecule has 3 atom stereocenters. The second-order valence-corrected chi connectivity index (χ2v) is 12.2. The predicted molar refractivity (Wildman–Crippen MR) is 145 cm³/mol. The monoisotopic (exact) mass is 576 g/mol. The molecule has 0 amide bonds. The van der Waals surface area contributed by atoms with Gasteiger partial charge in [0.2, 0.25) is 10.0 Å². The molecule has 1 N–H and O–H groups in total. The number of nitrogens with zero attached hydrogens (tertiary/aromatic N) is 2. The summed E-state index contributed by atoms with van der Waals surface area (Å²) < 4.78 is 69.3. The summed E-state index contributed by atoms with van der Waals surface area (Å²) in [6.45, 7) is 2.29. The van der Waals surface area contributed by atoms with Gasteiger partial charge in [-0.3, -0.25) is 4.90 Å². The van der Waals surface area contributed by atoms with E-state index in [2.05, 4.69) is 0 Å². The van der Waals surface area contributed by atoms with Crippen LogP contribution in [0.1, 0.15) is 22.6 Å². The van der Waals surface area contributed by atoms with Crippen molar-refractivity contribution < 1.29 is 26.7 Å². The van der Waals surface area contributed by atoms with Crippen LogP contribution < -0.4 is 0 Å². The van der Waals surface area contributed by atoms with E-state index < -0.39 is 26.7 Å². The lowest BCUT2D eigenvalue weighted by Gasteiger charge is -2.56. The van der Waals surface area contributed by atoms with E-state index in [9.17, 15) is 26.7 Å². The molecule has 3 aromatic carbocycles. The number of sulfonamides is 1. The number of aliphatic hydroxyl groups excluding tert-OH is 1. The Morgan fingerprint density at radius 3 is 2.36 bits per heavy atom. The van der Waals surface area contributed by atoms with E-state index in [0.29, 0.717) is 11.6 Å². The lowest BCUT2D eigenvalue weighted by Crippen LogP contribution is -2.67. The maximum Gasteiger partial charge on any atom is 0.417 e. The summed E-state index contributed by atoms with van der Waals surface area (Å²) in [4.78, 5) is 1.25. The van der Waals surface area contributed by atoms with E-state index >= 15 is 0 Å². The van der Waals surface area contributed by atoms with E-state index in [1.807, 2.05) is 54.3 Å². The lowest BCUT2D eigenvalue weighted by atomic mass is 9.74. The fraction of sp³-hybridized carbons (Fsp3) is 0.310. The van der Waals surface area contributed by atoms with Gasteiger partial charge in [0.15, 0.2) is 0 Å². The maximum absolute atomic E-state index is 13.7. The van der Waals surface area contributed by atoms with Gasteiger partial charge in [0, 0.05) is 42.7 Å². The zero-order valence-corrected chi connectivity index (χ0v) is 22.7. The number of fused-ring (bicyclic) bond motifs is 1. The first kappa shape index (κ1) is 27.9. The summed E-state index contributed by atoms with van der Waals surface area (Å²) in [6.07, 6.45) is -1.36. The SMILES string of the molecule is Cc1c(Cl)cccc1-c1ccc([C@@H]2[C@@H](CO)N3C/C=C\CN(S(=O)(=O)c4ccccc4C(F)(F)F)C[C@@H]23)cc1. The van der Waals surface area contributed by atoms with Crippen molar-refractivity contribution in [3.63, 3.8) is 0 Å². The molecular formula is C29H28ClF3N2O3S. The highest BCUT2D eigenvalue weighted by atomic mass is 35.5. The highest BCUT2D eigenvalue weighted by Crippen LogP contribution is 2.43. The Labute approximate surface area is 231 Å². The van der Waals surface area contributed by atoms with Crippen molar-refractivity contribution >= 4 is 21.6 Å². The van der Waals surface area contributed by atoms with Crippen LogP contribution in [0, 0.1) is 6.92 Å². The fourth-order valence-electron chi connectivity index (χ4n) is 5.70. The van der Waals surface area contributed by atoms with E-state index in [0.717, 1.165) is 38.7 Å².